The van der Waals surface area contributed by atoms with Crippen LogP contribution >= 0.6 is 0 Å². The van der Waals surface area contributed by atoms with E-state index in [1.807, 2.05) is 6.20 Å². The number of piperazine rings is 1. The highest BCUT2D eigenvalue weighted by atomic mass is 16.3. The second-order valence-electron chi connectivity index (χ2n) is 5.38. The fourth-order valence-electron chi connectivity index (χ4n) is 2.61. The Kier molecular flexibility index (Phi) is 5.31. The summed E-state index contributed by atoms with van der Waals surface area (Å²) in [4.78, 5) is 9.31. The SMILES string of the molecule is CCC(CO)N1CCN(Cc2ccc(C)cn2)CC1. The van der Waals surface area contributed by atoms with Crippen LogP contribution in [0.5, 0.6) is 0 Å². The van der Waals surface area contributed by atoms with Crippen LogP contribution in [0.2, 0.25) is 0 Å². The van der Waals surface area contributed by atoms with Gasteiger partial charge in [0.1, 0.15) is 0 Å². The molecule has 1 fully saturated rings. The maximum absolute atomic E-state index is 9.34. The number of aryl methyl sites for hydroxylation is 1. The van der Waals surface area contributed by atoms with Crippen molar-refractivity contribution in [3.8, 4) is 0 Å². The van der Waals surface area contributed by atoms with Gasteiger partial charge in [0.2, 0.25) is 0 Å². The largest absolute Gasteiger partial charge is 0.395 e. The van der Waals surface area contributed by atoms with E-state index in [1.54, 1.807) is 0 Å². The molecule has 2 rings (SSSR count). The molecular formula is C15H25N3O. The van der Waals surface area contributed by atoms with E-state index >= 15 is 0 Å². The van der Waals surface area contributed by atoms with Gasteiger partial charge >= 0.3 is 0 Å². The van der Waals surface area contributed by atoms with Crippen molar-refractivity contribution >= 4 is 0 Å². The van der Waals surface area contributed by atoms with Crippen LogP contribution in [0.15, 0.2) is 18.3 Å². The van der Waals surface area contributed by atoms with Crippen molar-refractivity contribution in [1.82, 2.24) is 14.8 Å². The van der Waals surface area contributed by atoms with E-state index in [4.69, 9.17) is 0 Å². The summed E-state index contributed by atoms with van der Waals surface area (Å²) in [6.07, 6.45) is 2.96. The van der Waals surface area contributed by atoms with Gasteiger partial charge in [-0.05, 0) is 25.0 Å². The Labute approximate surface area is 116 Å². The molecule has 0 amide bonds. The molecule has 0 aromatic carbocycles. The van der Waals surface area contributed by atoms with Crippen LogP contribution in [-0.4, -0.2) is 58.7 Å². The lowest BCUT2D eigenvalue weighted by Crippen LogP contribution is -2.50. The van der Waals surface area contributed by atoms with Gasteiger partial charge in [-0.15, -0.1) is 0 Å². The zero-order valence-electron chi connectivity index (χ0n) is 12.0. The van der Waals surface area contributed by atoms with Gasteiger partial charge in [-0.1, -0.05) is 13.0 Å². The second-order valence-corrected chi connectivity index (χ2v) is 5.38. The Balaban J connectivity index is 1.81. The summed E-state index contributed by atoms with van der Waals surface area (Å²) >= 11 is 0. The molecule has 1 atom stereocenters. The molecule has 1 aliphatic heterocycles. The Bertz CT molecular complexity index is 367. The van der Waals surface area contributed by atoms with Crippen LogP contribution in [0.3, 0.4) is 0 Å². The van der Waals surface area contributed by atoms with E-state index < -0.39 is 0 Å². The van der Waals surface area contributed by atoms with Gasteiger partial charge in [-0.2, -0.15) is 0 Å². The maximum Gasteiger partial charge on any atom is 0.0586 e. The highest BCUT2D eigenvalue weighted by Crippen LogP contribution is 2.11. The van der Waals surface area contributed by atoms with E-state index in [9.17, 15) is 5.11 Å². The summed E-state index contributed by atoms with van der Waals surface area (Å²) in [6.45, 7) is 9.63. The molecule has 106 valence electrons. The second kappa shape index (κ2) is 6.98. The van der Waals surface area contributed by atoms with E-state index in [1.165, 1.54) is 5.56 Å². The third kappa shape index (κ3) is 4.00. The van der Waals surface area contributed by atoms with Gasteiger partial charge in [0.25, 0.3) is 0 Å². The molecule has 4 heteroatoms. The molecule has 1 unspecified atom stereocenters. The highest BCUT2D eigenvalue weighted by molar-refractivity contribution is 5.12. The van der Waals surface area contributed by atoms with Gasteiger partial charge in [0, 0.05) is 45.0 Å². The van der Waals surface area contributed by atoms with Crippen LogP contribution in [0.25, 0.3) is 0 Å². The molecule has 0 bridgehead atoms. The lowest BCUT2D eigenvalue weighted by molar-refractivity contribution is 0.0604. The summed E-state index contributed by atoms with van der Waals surface area (Å²) in [7, 11) is 0. The van der Waals surface area contributed by atoms with Crippen molar-refractivity contribution < 1.29 is 5.11 Å². The van der Waals surface area contributed by atoms with E-state index in [0.717, 1.165) is 44.8 Å². The van der Waals surface area contributed by atoms with Crippen LogP contribution in [0, 0.1) is 6.92 Å². The number of rotatable bonds is 5. The predicted molar refractivity (Wildman–Crippen MR) is 77.0 cm³/mol. The van der Waals surface area contributed by atoms with Crippen LogP contribution in [0.1, 0.15) is 24.6 Å². The zero-order chi connectivity index (χ0) is 13.7. The molecular weight excluding hydrogens is 238 g/mol. The number of nitrogens with zero attached hydrogens (tertiary/aromatic N) is 3. The van der Waals surface area contributed by atoms with Crippen molar-refractivity contribution in [3.63, 3.8) is 0 Å². The maximum atomic E-state index is 9.34. The first-order chi connectivity index (χ1) is 9.22. The first-order valence-corrected chi connectivity index (χ1v) is 7.21. The summed E-state index contributed by atoms with van der Waals surface area (Å²) in [5.41, 5.74) is 2.36. The topological polar surface area (TPSA) is 39.6 Å². The average Bonchev–Trinajstić information content (AvgIpc) is 2.44. The molecule has 19 heavy (non-hydrogen) atoms. The van der Waals surface area contributed by atoms with Gasteiger partial charge in [-0.25, -0.2) is 0 Å². The number of hydrogen-bond donors (Lipinski definition) is 1. The smallest absolute Gasteiger partial charge is 0.0586 e. The summed E-state index contributed by atoms with van der Waals surface area (Å²) < 4.78 is 0. The third-order valence-electron chi connectivity index (χ3n) is 3.96. The van der Waals surface area contributed by atoms with Crippen LogP contribution in [-0.2, 0) is 6.54 Å². The summed E-state index contributed by atoms with van der Waals surface area (Å²) in [5.74, 6) is 0. The van der Waals surface area contributed by atoms with Crippen molar-refractivity contribution in [3.05, 3.63) is 29.6 Å². The molecule has 0 spiro atoms. The molecule has 4 nitrogen and oxygen atoms in total. The molecule has 0 radical (unpaired) electrons. The van der Waals surface area contributed by atoms with Crippen LogP contribution < -0.4 is 0 Å². The van der Waals surface area contributed by atoms with Crippen molar-refractivity contribution in [2.75, 3.05) is 32.8 Å². The number of aromatic nitrogens is 1. The molecule has 1 saturated heterocycles. The number of aliphatic hydroxyl groups excluding tert-OH is 1. The fourth-order valence-corrected chi connectivity index (χ4v) is 2.61. The third-order valence-corrected chi connectivity index (χ3v) is 3.96. The van der Waals surface area contributed by atoms with Gasteiger partial charge in [-0.3, -0.25) is 14.8 Å². The Morgan fingerprint density at radius 2 is 2.00 bits per heavy atom. The Hall–Kier alpha value is -0.970. The molecule has 0 aliphatic carbocycles. The number of hydrogen-bond acceptors (Lipinski definition) is 4. The highest BCUT2D eigenvalue weighted by Gasteiger charge is 2.22. The minimum absolute atomic E-state index is 0.274. The van der Waals surface area contributed by atoms with Gasteiger partial charge in [0.05, 0.1) is 12.3 Å². The van der Waals surface area contributed by atoms with E-state index in [2.05, 4.69) is 40.8 Å². The molecule has 2 heterocycles. The number of aliphatic hydroxyl groups is 1. The molecule has 1 aliphatic rings. The lowest BCUT2D eigenvalue weighted by atomic mass is 10.1. The summed E-state index contributed by atoms with van der Waals surface area (Å²) in [6, 6.07) is 4.57. The molecule has 1 N–H and O–H groups in total. The van der Waals surface area contributed by atoms with Crippen molar-refractivity contribution in [1.29, 1.82) is 0 Å². The lowest BCUT2D eigenvalue weighted by Gasteiger charge is -2.38. The van der Waals surface area contributed by atoms with Crippen molar-refractivity contribution in [2.24, 2.45) is 0 Å². The number of pyridine rings is 1. The van der Waals surface area contributed by atoms with E-state index in [0.29, 0.717) is 6.04 Å². The zero-order valence-corrected chi connectivity index (χ0v) is 12.0. The van der Waals surface area contributed by atoms with Crippen LogP contribution in [0.4, 0.5) is 0 Å². The average molecular weight is 263 g/mol. The van der Waals surface area contributed by atoms with Gasteiger partial charge < -0.3 is 5.11 Å². The fraction of sp³-hybridized carbons (Fsp3) is 0.667. The first-order valence-electron chi connectivity index (χ1n) is 7.21. The molecule has 1 aromatic heterocycles. The van der Waals surface area contributed by atoms with E-state index in [-0.39, 0.29) is 6.61 Å². The predicted octanol–water partition coefficient (Wildman–Crippen LogP) is 1.28. The molecule has 0 saturated carbocycles. The minimum Gasteiger partial charge on any atom is -0.395 e. The first kappa shape index (κ1) is 14.4. The summed E-state index contributed by atoms with van der Waals surface area (Å²) in [5, 5.41) is 9.34. The molecule has 1 aromatic rings. The monoisotopic (exact) mass is 263 g/mol. The van der Waals surface area contributed by atoms with Crippen molar-refractivity contribution in [2.45, 2.75) is 32.9 Å². The Morgan fingerprint density at radius 3 is 2.53 bits per heavy atom. The standard InChI is InChI=1S/C15H25N3O/c1-3-15(12-19)18-8-6-17(7-9-18)11-14-5-4-13(2)10-16-14/h4-5,10,15,19H,3,6-9,11-12H2,1-2H3. The van der Waals surface area contributed by atoms with Gasteiger partial charge in [0.15, 0.2) is 0 Å². The quantitative estimate of drug-likeness (QED) is 0.868. The normalized spacial score (nSPS) is 19.5. The Morgan fingerprint density at radius 1 is 1.26 bits per heavy atom. The minimum atomic E-state index is 0.274.